The molecule has 0 bridgehead atoms. The molecular formula is C15H16N2O10. The summed E-state index contributed by atoms with van der Waals surface area (Å²) in [5.74, 6) is -3.54. The molecule has 0 saturated carbocycles. The maximum Gasteiger partial charge on any atom is 0.542 e. The fourth-order valence-electron chi connectivity index (χ4n) is 2.03. The number of amides is 4. The van der Waals surface area contributed by atoms with Gasteiger partial charge in [0.15, 0.2) is 0 Å². The predicted octanol–water partition coefficient (Wildman–Crippen LogP) is 1.06. The molecule has 0 aromatic carbocycles. The number of hydrogen-bond acceptors (Lipinski definition) is 10. The van der Waals surface area contributed by atoms with Gasteiger partial charge in [-0.25, -0.2) is 9.59 Å². The van der Waals surface area contributed by atoms with Crippen molar-refractivity contribution in [3.05, 3.63) is 12.0 Å². The highest BCUT2D eigenvalue weighted by Crippen LogP contribution is 2.16. The molecule has 0 radical (unpaired) electrons. The van der Waals surface area contributed by atoms with Gasteiger partial charge in [0.25, 0.3) is 29.6 Å². The van der Waals surface area contributed by atoms with Crippen LogP contribution < -0.4 is 0 Å². The summed E-state index contributed by atoms with van der Waals surface area (Å²) in [6.45, 7) is 1.79. The third-order valence-electron chi connectivity index (χ3n) is 3.31. The Hall–Kier alpha value is -3.44. The molecule has 27 heavy (non-hydrogen) atoms. The van der Waals surface area contributed by atoms with E-state index in [9.17, 15) is 28.8 Å². The zero-order valence-corrected chi connectivity index (χ0v) is 14.3. The number of nitrogens with zero attached hydrogens (tertiary/aromatic N) is 2. The molecule has 2 saturated heterocycles. The van der Waals surface area contributed by atoms with Gasteiger partial charge in [-0.05, 0) is 12.5 Å². The van der Waals surface area contributed by atoms with Crippen molar-refractivity contribution < 1.29 is 47.9 Å². The zero-order chi connectivity index (χ0) is 20.0. The van der Waals surface area contributed by atoms with E-state index in [0.717, 1.165) is 0 Å². The lowest BCUT2D eigenvalue weighted by Crippen LogP contribution is -2.33. The highest BCUT2D eigenvalue weighted by atomic mass is 16.9. The van der Waals surface area contributed by atoms with E-state index < -0.39 is 41.9 Å². The van der Waals surface area contributed by atoms with Crippen molar-refractivity contribution in [1.29, 1.82) is 0 Å². The van der Waals surface area contributed by atoms with E-state index in [-0.39, 0.29) is 35.8 Å². The fraction of sp³-hybridized carbons (Fsp3) is 0.467. The lowest BCUT2D eigenvalue weighted by molar-refractivity contribution is -0.180. The summed E-state index contributed by atoms with van der Waals surface area (Å²) in [7, 11) is 0. The van der Waals surface area contributed by atoms with Gasteiger partial charge < -0.3 is 9.47 Å². The molecule has 2 fully saturated rings. The summed E-state index contributed by atoms with van der Waals surface area (Å²) < 4.78 is 9.28. The van der Waals surface area contributed by atoms with Gasteiger partial charge >= 0.3 is 12.3 Å². The van der Waals surface area contributed by atoms with Gasteiger partial charge in [-0.15, -0.1) is 0 Å². The SMILES string of the molecule is CCCC=C(OC(=O)ON1C(=O)CCC1=O)OC(=O)ON1C(=O)CCC1=O. The van der Waals surface area contributed by atoms with Gasteiger partial charge in [-0.3, -0.25) is 28.9 Å². The maximum absolute atomic E-state index is 11.7. The monoisotopic (exact) mass is 384 g/mol. The second kappa shape index (κ2) is 8.78. The van der Waals surface area contributed by atoms with Gasteiger partial charge in [0, 0.05) is 25.7 Å². The second-order valence-corrected chi connectivity index (χ2v) is 5.36. The smallest absolute Gasteiger partial charge is 0.359 e. The van der Waals surface area contributed by atoms with E-state index in [1.807, 2.05) is 0 Å². The van der Waals surface area contributed by atoms with Crippen LogP contribution in [0.1, 0.15) is 45.4 Å². The highest BCUT2D eigenvalue weighted by Gasteiger charge is 2.35. The van der Waals surface area contributed by atoms with Crippen molar-refractivity contribution in [3.8, 4) is 0 Å². The molecule has 12 nitrogen and oxygen atoms in total. The van der Waals surface area contributed by atoms with E-state index >= 15 is 0 Å². The Bertz CT molecular complexity index is 627. The quantitative estimate of drug-likeness (QED) is 0.370. The topological polar surface area (TPSA) is 146 Å². The van der Waals surface area contributed by atoms with E-state index in [4.69, 9.17) is 0 Å². The Balaban J connectivity index is 1.94. The number of imide groups is 2. The van der Waals surface area contributed by atoms with Crippen LogP contribution in [0.4, 0.5) is 9.59 Å². The molecule has 2 rings (SSSR count). The Morgan fingerprint density at radius 1 is 0.815 bits per heavy atom. The van der Waals surface area contributed by atoms with Gasteiger partial charge in [0.2, 0.25) is 0 Å². The normalized spacial score (nSPS) is 16.5. The number of hydroxylamine groups is 4. The van der Waals surface area contributed by atoms with Crippen LogP contribution in [0.2, 0.25) is 0 Å². The van der Waals surface area contributed by atoms with Crippen LogP contribution in [0.25, 0.3) is 0 Å². The first-order chi connectivity index (χ1) is 12.8. The van der Waals surface area contributed by atoms with Crippen molar-refractivity contribution in [2.45, 2.75) is 45.4 Å². The summed E-state index contributed by atoms with van der Waals surface area (Å²) in [6.07, 6.45) is -1.31. The van der Waals surface area contributed by atoms with Crippen LogP contribution in [-0.4, -0.2) is 46.1 Å². The summed E-state index contributed by atoms with van der Waals surface area (Å²) in [5, 5.41) is 0.499. The van der Waals surface area contributed by atoms with E-state index in [0.29, 0.717) is 12.8 Å². The average Bonchev–Trinajstić information content (AvgIpc) is 3.09. The van der Waals surface area contributed by atoms with Crippen LogP contribution in [0.3, 0.4) is 0 Å². The molecule has 2 aliphatic rings. The molecule has 4 amide bonds. The summed E-state index contributed by atoms with van der Waals surface area (Å²) in [4.78, 5) is 78.0. The molecule has 0 aliphatic carbocycles. The van der Waals surface area contributed by atoms with Crippen molar-refractivity contribution in [2.75, 3.05) is 0 Å². The molecule has 0 atom stereocenters. The molecule has 0 aromatic rings. The largest absolute Gasteiger partial charge is 0.542 e. The van der Waals surface area contributed by atoms with Gasteiger partial charge in [0.1, 0.15) is 0 Å². The first-order valence-electron chi connectivity index (χ1n) is 8.03. The molecular weight excluding hydrogens is 368 g/mol. The number of rotatable bonds is 6. The third-order valence-corrected chi connectivity index (χ3v) is 3.31. The van der Waals surface area contributed by atoms with Gasteiger partial charge in [-0.2, -0.15) is 0 Å². The molecule has 0 aromatic heterocycles. The van der Waals surface area contributed by atoms with Crippen LogP contribution in [0.15, 0.2) is 12.0 Å². The highest BCUT2D eigenvalue weighted by molar-refractivity contribution is 6.02. The molecule has 2 aliphatic heterocycles. The van der Waals surface area contributed by atoms with E-state index in [1.54, 1.807) is 6.92 Å². The summed E-state index contributed by atoms with van der Waals surface area (Å²) >= 11 is 0. The minimum Gasteiger partial charge on any atom is -0.359 e. The first kappa shape index (κ1) is 19.9. The summed E-state index contributed by atoms with van der Waals surface area (Å²) in [5.41, 5.74) is 0. The third kappa shape index (κ3) is 5.26. The number of unbranched alkanes of at least 4 members (excludes halogenated alkanes) is 1. The number of carbonyl (C=O) groups excluding carboxylic acids is 6. The zero-order valence-electron chi connectivity index (χ0n) is 14.3. The maximum atomic E-state index is 11.7. The van der Waals surface area contributed by atoms with Crippen LogP contribution in [0.5, 0.6) is 0 Å². The Labute approximate surface area is 152 Å². The molecule has 12 heteroatoms. The molecule has 0 N–H and O–H groups in total. The Kier molecular flexibility index (Phi) is 6.46. The van der Waals surface area contributed by atoms with E-state index in [2.05, 4.69) is 19.1 Å². The Morgan fingerprint density at radius 3 is 1.52 bits per heavy atom. The minimum absolute atomic E-state index is 0.106. The molecule has 0 unspecified atom stereocenters. The van der Waals surface area contributed by atoms with Gasteiger partial charge in [0.05, 0.1) is 0 Å². The number of hydrogen-bond donors (Lipinski definition) is 0. The predicted molar refractivity (Wildman–Crippen MR) is 80.3 cm³/mol. The lowest BCUT2D eigenvalue weighted by Gasteiger charge is -2.15. The average molecular weight is 384 g/mol. The fourth-order valence-corrected chi connectivity index (χ4v) is 2.03. The first-order valence-corrected chi connectivity index (χ1v) is 8.03. The standard InChI is InChI=1S/C15H16N2O10/c1-2-3-4-13(24-14(22)26-16-9(18)5-6-10(16)19)25-15(23)27-17-11(20)7-8-12(17)21/h4H,2-3,5-8H2,1H3. The van der Waals surface area contributed by atoms with Crippen molar-refractivity contribution in [3.63, 3.8) is 0 Å². The number of ether oxygens (including phenoxy) is 2. The molecule has 2 heterocycles. The Morgan fingerprint density at radius 2 is 1.19 bits per heavy atom. The second-order valence-electron chi connectivity index (χ2n) is 5.36. The number of carbonyl (C=O) groups is 6. The summed E-state index contributed by atoms with van der Waals surface area (Å²) in [6, 6.07) is 0. The van der Waals surface area contributed by atoms with Crippen LogP contribution in [-0.2, 0) is 38.3 Å². The van der Waals surface area contributed by atoms with Crippen LogP contribution >= 0.6 is 0 Å². The molecule has 146 valence electrons. The minimum atomic E-state index is -1.50. The van der Waals surface area contributed by atoms with Crippen molar-refractivity contribution in [1.82, 2.24) is 10.1 Å². The van der Waals surface area contributed by atoms with Gasteiger partial charge in [-0.1, -0.05) is 23.5 Å². The van der Waals surface area contributed by atoms with E-state index in [1.165, 1.54) is 6.08 Å². The number of allylic oxidation sites excluding steroid dienone is 1. The van der Waals surface area contributed by atoms with Crippen molar-refractivity contribution >= 4 is 35.9 Å². The van der Waals surface area contributed by atoms with Crippen LogP contribution in [0, 0.1) is 0 Å². The molecule has 0 spiro atoms. The lowest BCUT2D eigenvalue weighted by atomic mass is 10.3. The van der Waals surface area contributed by atoms with Crippen molar-refractivity contribution in [2.24, 2.45) is 0 Å².